The number of aryl methyl sites for hydroxylation is 2. The normalized spacial score (nSPS) is 12.5. The van der Waals surface area contributed by atoms with E-state index in [0.717, 1.165) is 24.1 Å². The standard InChI is InChI=1S/C22H31NO.C7H8O3S/c1-16(2)23(17(3)4)14-13-20(19-9-7-6-8-10-19)21-15-18(5)11-12-22(21)24;1-6-2-4-7(5-3-6)11(8,9)10/h6-12,15-17,20,24H,13-14H2,1-5H3;2-5H,1H3,(H,8,9,10)/t20-;/m1./s1. The quantitative estimate of drug-likeness (QED) is 0.344. The van der Waals surface area contributed by atoms with Gasteiger partial charge in [0.15, 0.2) is 0 Å². The van der Waals surface area contributed by atoms with Gasteiger partial charge >= 0.3 is 0 Å². The molecule has 5 nitrogen and oxygen atoms in total. The van der Waals surface area contributed by atoms with Crippen LogP contribution in [0.25, 0.3) is 0 Å². The lowest BCUT2D eigenvalue weighted by Crippen LogP contribution is -2.38. The predicted octanol–water partition coefficient (Wildman–Crippen LogP) is 6.58. The van der Waals surface area contributed by atoms with Gasteiger partial charge in [-0.25, -0.2) is 0 Å². The third-order valence-electron chi connectivity index (χ3n) is 6.08. The predicted molar refractivity (Wildman–Crippen MR) is 144 cm³/mol. The minimum Gasteiger partial charge on any atom is -0.508 e. The Hall–Kier alpha value is -2.67. The lowest BCUT2D eigenvalue weighted by atomic mass is 9.87. The van der Waals surface area contributed by atoms with Crippen molar-refractivity contribution in [3.8, 4) is 5.75 Å². The highest BCUT2D eigenvalue weighted by Gasteiger charge is 2.21. The number of rotatable bonds is 8. The molecule has 0 aliphatic rings. The maximum absolute atomic E-state index is 10.5. The Morgan fingerprint density at radius 3 is 1.86 bits per heavy atom. The molecule has 0 fully saturated rings. The zero-order valence-electron chi connectivity index (χ0n) is 21.6. The van der Waals surface area contributed by atoms with Gasteiger partial charge in [-0.2, -0.15) is 8.42 Å². The van der Waals surface area contributed by atoms with Crippen LogP contribution in [0.1, 0.15) is 62.3 Å². The molecule has 0 saturated heterocycles. The number of hydrogen-bond acceptors (Lipinski definition) is 4. The first-order valence-corrected chi connectivity index (χ1v) is 13.5. The van der Waals surface area contributed by atoms with Crippen molar-refractivity contribution in [1.29, 1.82) is 0 Å². The van der Waals surface area contributed by atoms with Crippen molar-refractivity contribution >= 4 is 10.1 Å². The largest absolute Gasteiger partial charge is 0.508 e. The van der Waals surface area contributed by atoms with E-state index in [1.54, 1.807) is 12.1 Å². The van der Waals surface area contributed by atoms with Gasteiger partial charge in [0.2, 0.25) is 0 Å². The summed E-state index contributed by atoms with van der Waals surface area (Å²) in [6, 6.07) is 23.5. The molecule has 6 heteroatoms. The Morgan fingerprint density at radius 1 is 0.800 bits per heavy atom. The smallest absolute Gasteiger partial charge is 0.294 e. The maximum Gasteiger partial charge on any atom is 0.294 e. The van der Waals surface area contributed by atoms with Crippen molar-refractivity contribution in [2.45, 2.75) is 70.9 Å². The van der Waals surface area contributed by atoms with Crippen molar-refractivity contribution in [1.82, 2.24) is 4.90 Å². The Kier molecular flexibility index (Phi) is 10.5. The molecule has 0 aromatic heterocycles. The fourth-order valence-electron chi connectivity index (χ4n) is 4.24. The van der Waals surface area contributed by atoms with E-state index in [1.807, 2.05) is 25.1 Å². The molecule has 0 aliphatic heterocycles. The summed E-state index contributed by atoms with van der Waals surface area (Å²) in [5, 5.41) is 10.4. The van der Waals surface area contributed by atoms with E-state index in [4.69, 9.17) is 4.55 Å². The average molecular weight is 498 g/mol. The van der Waals surface area contributed by atoms with Crippen molar-refractivity contribution < 1.29 is 18.1 Å². The molecule has 35 heavy (non-hydrogen) atoms. The first kappa shape index (κ1) is 28.6. The van der Waals surface area contributed by atoms with Crippen LogP contribution in [0.2, 0.25) is 0 Å². The molecule has 0 spiro atoms. The maximum atomic E-state index is 10.5. The fraction of sp³-hybridized carbons (Fsp3) is 0.379. The van der Waals surface area contributed by atoms with Crippen LogP contribution in [0.3, 0.4) is 0 Å². The molecule has 0 radical (unpaired) electrons. The van der Waals surface area contributed by atoms with Crippen LogP contribution >= 0.6 is 0 Å². The summed E-state index contributed by atoms with van der Waals surface area (Å²) in [7, 11) is -4.02. The van der Waals surface area contributed by atoms with Gasteiger partial charge < -0.3 is 5.11 Å². The highest BCUT2D eigenvalue weighted by Crippen LogP contribution is 2.35. The molecule has 0 heterocycles. The molecule has 3 aromatic carbocycles. The summed E-state index contributed by atoms with van der Waals surface area (Å²) in [5.41, 5.74) is 4.45. The van der Waals surface area contributed by atoms with Gasteiger partial charge in [0, 0.05) is 23.6 Å². The number of nitrogens with zero attached hydrogens (tertiary/aromatic N) is 1. The minimum absolute atomic E-state index is 0.0666. The van der Waals surface area contributed by atoms with Gasteiger partial charge in [0.25, 0.3) is 10.1 Å². The topological polar surface area (TPSA) is 77.8 Å². The molecule has 2 N–H and O–H groups in total. The number of benzene rings is 3. The molecular formula is C29H39NO4S. The second kappa shape index (κ2) is 12.9. The molecular weight excluding hydrogens is 458 g/mol. The van der Waals surface area contributed by atoms with Gasteiger partial charge in [0.1, 0.15) is 5.75 Å². The van der Waals surface area contributed by atoms with Gasteiger partial charge in [0.05, 0.1) is 4.90 Å². The van der Waals surface area contributed by atoms with Crippen LogP contribution in [-0.2, 0) is 10.1 Å². The number of aromatic hydroxyl groups is 1. The monoisotopic (exact) mass is 497 g/mol. The molecule has 0 saturated carbocycles. The Bertz CT molecular complexity index is 1150. The van der Waals surface area contributed by atoms with Crippen molar-refractivity contribution in [2.75, 3.05) is 6.54 Å². The average Bonchev–Trinajstić information content (AvgIpc) is 2.79. The summed E-state index contributed by atoms with van der Waals surface area (Å²) in [4.78, 5) is 2.45. The van der Waals surface area contributed by atoms with Crippen LogP contribution in [-0.4, -0.2) is 41.6 Å². The minimum atomic E-state index is -4.02. The van der Waals surface area contributed by atoms with Gasteiger partial charge in [-0.3, -0.25) is 9.45 Å². The first-order chi connectivity index (χ1) is 16.4. The number of phenolic OH excluding ortho intramolecular Hbond substituents is 1. The lowest BCUT2D eigenvalue weighted by Gasteiger charge is -2.32. The van der Waals surface area contributed by atoms with Gasteiger partial charge in [-0.05, 0) is 78.3 Å². The Labute approximate surface area is 211 Å². The third kappa shape index (κ3) is 8.80. The van der Waals surface area contributed by atoms with E-state index in [9.17, 15) is 13.5 Å². The van der Waals surface area contributed by atoms with Crippen LogP contribution in [0.4, 0.5) is 0 Å². The SMILES string of the molecule is Cc1ccc(O)c([C@H](CCN(C(C)C)C(C)C)c2ccccc2)c1.Cc1ccc(S(=O)(=O)O)cc1. The molecule has 190 valence electrons. The molecule has 3 aromatic rings. The van der Waals surface area contributed by atoms with E-state index >= 15 is 0 Å². The molecule has 0 aliphatic carbocycles. The fourth-order valence-corrected chi connectivity index (χ4v) is 4.72. The molecule has 3 rings (SSSR count). The van der Waals surface area contributed by atoms with E-state index in [2.05, 4.69) is 69.9 Å². The van der Waals surface area contributed by atoms with Crippen molar-refractivity contribution in [2.24, 2.45) is 0 Å². The zero-order valence-corrected chi connectivity index (χ0v) is 22.5. The summed E-state index contributed by atoms with van der Waals surface area (Å²) in [6.45, 7) is 13.9. The van der Waals surface area contributed by atoms with E-state index in [0.29, 0.717) is 17.8 Å². The van der Waals surface area contributed by atoms with Crippen LogP contribution < -0.4 is 0 Å². The first-order valence-electron chi connectivity index (χ1n) is 12.0. The van der Waals surface area contributed by atoms with E-state index in [1.165, 1.54) is 23.3 Å². The molecule has 1 atom stereocenters. The van der Waals surface area contributed by atoms with Crippen molar-refractivity contribution in [3.05, 3.63) is 95.1 Å². The second-order valence-electron chi connectivity index (χ2n) is 9.53. The van der Waals surface area contributed by atoms with Crippen LogP contribution in [0, 0.1) is 13.8 Å². The number of hydrogen-bond donors (Lipinski definition) is 2. The summed E-state index contributed by atoms with van der Waals surface area (Å²) in [5.74, 6) is 0.612. The Morgan fingerprint density at radius 2 is 1.34 bits per heavy atom. The second-order valence-corrected chi connectivity index (χ2v) is 10.9. The molecule has 0 bridgehead atoms. The van der Waals surface area contributed by atoms with Crippen molar-refractivity contribution in [3.63, 3.8) is 0 Å². The molecule has 0 amide bonds. The van der Waals surface area contributed by atoms with E-state index < -0.39 is 10.1 Å². The molecule has 0 unspecified atom stereocenters. The van der Waals surface area contributed by atoms with Gasteiger partial charge in [-0.1, -0.05) is 65.7 Å². The lowest BCUT2D eigenvalue weighted by molar-refractivity contribution is 0.170. The van der Waals surface area contributed by atoms with Crippen LogP contribution in [0.15, 0.2) is 77.7 Å². The van der Waals surface area contributed by atoms with Crippen LogP contribution in [0.5, 0.6) is 5.75 Å². The van der Waals surface area contributed by atoms with Gasteiger partial charge in [-0.15, -0.1) is 0 Å². The third-order valence-corrected chi connectivity index (χ3v) is 6.95. The summed E-state index contributed by atoms with van der Waals surface area (Å²) >= 11 is 0. The number of phenols is 1. The highest BCUT2D eigenvalue weighted by molar-refractivity contribution is 7.85. The Balaban J connectivity index is 0.000000328. The van der Waals surface area contributed by atoms with E-state index in [-0.39, 0.29) is 10.8 Å². The summed E-state index contributed by atoms with van der Waals surface area (Å²) < 4.78 is 29.6. The highest BCUT2D eigenvalue weighted by atomic mass is 32.2. The summed E-state index contributed by atoms with van der Waals surface area (Å²) in [6.07, 6.45) is 0.997. The zero-order chi connectivity index (χ0) is 26.2.